The number of nitrogens with zero attached hydrogens (tertiary/aromatic N) is 5. The molecule has 0 fully saturated rings. The molecular weight excluding hydrogens is 316 g/mol. The molecule has 0 unspecified atom stereocenters. The Kier molecular flexibility index (Phi) is 4.47. The number of carbonyl (C=O) groups excluding carboxylic acids is 1. The number of nitrogens with one attached hydrogen (secondary N) is 1. The highest BCUT2D eigenvalue weighted by Crippen LogP contribution is 2.12. The molecule has 0 radical (unpaired) electrons. The van der Waals surface area contributed by atoms with Gasteiger partial charge in [0.1, 0.15) is 23.4 Å². The molecule has 23 heavy (non-hydrogen) atoms. The summed E-state index contributed by atoms with van der Waals surface area (Å²) in [6.45, 7) is 3.20. The molecule has 8 nitrogen and oxygen atoms in total. The van der Waals surface area contributed by atoms with Gasteiger partial charge in [0.15, 0.2) is 0 Å². The monoisotopic (exact) mass is 332 g/mol. The number of hydrogen-bond acceptors (Lipinski definition) is 6. The quantitative estimate of drug-likeness (QED) is 0.706. The number of carbonyl (C=O) groups is 1. The zero-order valence-corrected chi connectivity index (χ0v) is 13.4. The van der Waals surface area contributed by atoms with E-state index in [1.165, 1.54) is 22.2 Å². The molecule has 120 valence electrons. The van der Waals surface area contributed by atoms with Gasteiger partial charge < -0.3 is 9.88 Å². The van der Waals surface area contributed by atoms with Crippen molar-refractivity contribution >= 4 is 27.5 Å². The molecule has 3 aromatic heterocycles. The average molecular weight is 332 g/mol. The Bertz CT molecular complexity index is 881. The molecular formula is C14H16N6O2S. The van der Waals surface area contributed by atoms with Crippen LogP contribution in [0.4, 0.5) is 0 Å². The van der Waals surface area contributed by atoms with Crippen LogP contribution in [0.2, 0.25) is 0 Å². The maximum atomic E-state index is 12.2. The summed E-state index contributed by atoms with van der Waals surface area (Å²) in [5, 5.41) is 12.4. The molecule has 0 aliphatic carbocycles. The molecule has 0 spiro atoms. The van der Waals surface area contributed by atoms with Crippen LogP contribution in [0.1, 0.15) is 12.7 Å². The van der Waals surface area contributed by atoms with E-state index in [2.05, 4.69) is 20.5 Å². The maximum absolute atomic E-state index is 12.2. The molecule has 0 aliphatic rings. The van der Waals surface area contributed by atoms with Crippen molar-refractivity contribution in [2.75, 3.05) is 6.54 Å². The lowest BCUT2D eigenvalue weighted by Gasteiger charge is -2.07. The lowest BCUT2D eigenvalue weighted by atomic mass is 10.4. The summed E-state index contributed by atoms with van der Waals surface area (Å²) in [6, 6.07) is 1.79. The second-order valence-electron chi connectivity index (χ2n) is 4.95. The molecule has 3 rings (SSSR count). The van der Waals surface area contributed by atoms with Gasteiger partial charge in [0, 0.05) is 19.5 Å². The van der Waals surface area contributed by atoms with E-state index in [-0.39, 0.29) is 18.0 Å². The van der Waals surface area contributed by atoms with Crippen LogP contribution in [0.25, 0.3) is 10.2 Å². The Balaban J connectivity index is 1.58. The van der Waals surface area contributed by atoms with Crippen molar-refractivity contribution in [1.29, 1.82) is 0 Å². The van der Waals surface area contributed by atoms with Gasteiger partial charge in [0.25, 0.3) is 5.56 Å². The van der Waals surface area contributed by atoms with Crippen LogP contribution in [0.3, 0.4) is 0 Å². The average Bonchev–Trinajstić information content (AvgIpc) is 3.19. The molecule has 3 heterocycles. The summed E-state index contributed by atoms with van der Waals surface area (Å²) in [6.07, 6.45) is 3.67. The number of fused-ring (bicyclic) bond motifs is 1. The standard InChI is InChI=1S/C14H16N6O2S/c1-2-19-9-17-18-11(19)3-5-15-12(21)7-20-8-16-10-4-6-23-13(10)14(20)22/h4,6,8-9H,2-3,5,7H2,1H3,(H,15,21). The van der Waals surface area contributed by atoms with E-state index in [9.17, 15) is 9.59 Å². The van der Waals surface area contributed by atoms with E-state index in [1.54, 1.807) is 12.4 Å². The van der Waals surface area contributed by atoms with Gasteiger partial charge in [0.2, 0.25) is 5.91 Å². The first-order valence-electron chi connectivity index (χ1n) is 7.25. The zero-order valence-electron chi connectivity index (χ0n) is 12.6. The van der Waals surface area contributed by atoms with Crippen molar-refractivity contribution in [3.05, 3.63) is 40.3 Å². The van der Waals surface area contributed by atoms with E-state index >= 15 is 0 Å². The summed E-state index contributed by atoms with van der Waals surface area (Å²) in [4.78, 5) is 28.4. The number of hydrogen-bond donors (Lipinski definition) is 1. The van der Waals surface area contributed by atoms with Crippen molar-refractivity contribution < 1.29 is 4.79 Å². The van der Waals surface area contributed by atoms with Crippen molar-refractivity contribution in [2.45, 2.75) is 26.4 Å². The minimum absolute atomic E-state index is 0.0415. The molecule has 0 saturated heterocycles. The molecule has 0 bridgehead atoms. The third kappa shape index (κ3) is 3.29. The largest absolute Gasteiger partial charge is 0.354 e. The fourth-order valence-electron chi connectivity index (χ4n) is 2.25. The van der Waals surface area contributed by atoms with Crippen LogP contribution >= 0.6 is 11.3 Å². The smallest absolute Gasteiger partial charge is 0.271 e. The van der Waals surface area contributed by atoms with Crippen molar-refractivity contribution in [1.82, 2.24) is 29.6 Å². The molecule has 3 aromatic rings. The van der Waals surface area contributed by atoms with E-state index in [4.69, 9.17) is 0 Å². The van der Waals surface area contributed by atoms with Gasteiger partial charge in [0.05, 0.1) is 11.8 Å². The molecule has 0 aliphatic heterocycles. The van der Waals surface area contributed by atoms with Crippen LogP contribution in [0, 0.1) is 0 Å². The number of thiophene rings is 1. The number of aromatic nitrogens is 5. The molecule has 9 heteroatoms. The molecule has 0 atom stereocenters. The molecule has 0 aromatic carbocycles. The molecule has 1 amide bonds. The lowest BCUT2D eigenvalue weighted by molar-refractivity contribution is -0.121. The van der Waals surface area contributed by atoms with E-state index in [0.29, 0.717) is 23.2 Å². The van der Waals surface area contributed by atoms with Crippen molar-refractivity contribution in [3.8, 4) is 0 Å². The van der Waals surface area contributed by atoms with Crippen LogP contribution < -0.4 is 10.9 Å². The van der Waals surface area contributed by atoms with Crippen LogP contribution in [-0.4, -0.2) is 36.8 Å². The Labute approximate surface area is 135 Å². The Morgan fingerprint density at radius 3 is 3.04 bits per heavy atom. The first kappa shape index (κ1) is 15.3. The fraction of sp³-hybridized carbons (Fsp3) is 0.357. The van der Waals surface area contributed by atoms with E-state index < -0.39 is 0 Å². The predicted molar refractivity (Wildman–Crippen MR) is 86.3 cm³/mol. The maximum Gasteiger partial charge on any atom is 0.271 e. The lowest BCUT2D eigenvalue weighted by Crippen LogP contribution is -2.33. The summed E-state index contributed by atoms with van der Waals surface area (Å²) in [7, 11) is 0. The summed E-state index contributed by atoms with van der Waals surface area (Å²) < 4.78 is 3.81. The minimum Gasteiger partial charge on any atom is -0.354 e. The molecule has 1 N–H and O–H groups in total. The number of rotatable bonds is 6. The van der Waals surface area contributed by atoms with Gasteiger partial charge in [-0.25, -0.2) is 4.98 Å². The van der Waals surface area contributed by atoms with Crippen molar-refractivity contribution in [3.63, 3.8) is 0 Å². The minimum atomic E-state index is -0.229. The van der Waals surface area contributed by atoms with Gasteiger partial charge >= 0.3 is 0 Å². The molecule has 0 saturated carbocycles. The van der Waals surface area contributed by atoms with Crippen LogP contribution in [0.5, 0.6) is 0 Å². The third-order valence-electron chi connectivity index (χ3n) is 3.46. The second kappa shape index (κ2) is 6.69. The summed E-state index contributed by atoms with van der Waals surface area (Å²) in [5.41, 5.74) is 0.474. The Hall–Kier alpha value is -2.55. The predicted octanol–water partition coefficient (Wildman–Crippen LogP) is 0.428. The first-order chi connectivity index (χ1) is 11.2. The third-order valence-corrected chi connectivity index (χ3v) is 4.35. The zero-order chi connectivity index (χ0) is 16.2. The Morgan fingerprint density at radius 2 is 2.22 bits per heavy atom. The SMILES string of the molecule is CCn1cnnc1CCNC(=O)Cn1cnc2ccsc2c1=O. The van der Waals surface area contributed by atoms with Crippen LogP contribution in [-0.2, 0) is 24.3 Å². The van der Waals surface area contributed by atoms with Gasteiger partial charge in [-0.15, -0.1) is 21.5 Å². The number of aryl methyl sites for hydroxylation is 1. The summed E-state index contributed by atoms with van der Waals surface area (Å²) in [5.74, 6) is 0.596. The van der Waals surface area contributed by atoms with Crippen molar-refractivity contribution in [2.24, 2.45) is 0 Å². The number of amides is 1. The highest BCUT2D eigenvalue weighted by atomic mass is 32.1. The normalized spacial score (nSPS) is 11.0. The first-order valence-corrected chi connectivity index (χ1v) is 8.13. The van der Waals surface area contributed by atoms with E-state index in [0.717, 1.165) is 12.4 Å². The highest BCUT2D eigenvalue weighted by Gasteiger charge is 2.09. The van der Waals surface area contributed by atoms with Gasteiger partial charge in [-0.1, -0.05) is 0 Å². The highest BCUT2D eigenvalue weighted by molar-refractivity contribution is 7.17. The topological polar surface area (TPSA) is 94.7 Å². The van der Waals surface area contributed by atoms with Gasteiger partial charge in [-0.2, -0.15) is 0 Å². The van der Waals surface area contributed by atoms with Gasteiger partial charge in [-0.05, 0) is 18.4 Å². The fourth-order valence-corrected chi connectivity index (χ4v) is 3.05. The van der Waals surface area contributed by atoms with Gasteiger partial charge in [-0.3, -0.25) is 14.2 Å². The van der Waals surface area contributed by atoms with E-state index in [1.807, 2.05) is 16.9 Å². The summed E-state index contributed by atoms with van der Waals surface area (Å²) >= 11 is 1.33. The Morgan fingerprint density at radius 1 is 1.35 bits per heavy atom. The second-order valence-corrected chi connectivity index (χ2v) is 5.86. The van der Waals surface area contributed by atoms with Crippen LogP contribution in [0.15, 0.2) is 28.9 Å².